The Bertz CT molecular complexity index is 865. The molecule has 2 aromatic rings. The molecule has 0 radical (unpaired) electrons. The molecule has 1 saturated heterocycles. The van der Waals surface area contributed by atoms with Gasteiger partial charge >= 0.3 is 6.01 Å². The molecule has 1 fully saturated rings. The molecular weight excluding hydrogens is 332 g/mol. The first-order chi connectivity index (χ1) is 12.5. The van der Waals surface area contributed by atoms with Gasteiger partial charge in [0.25, 0.3) is 5.56 Å². The second kappa shape index (κ2) is 6.59. The number of anilines is 2. The molecular formula is C18H24N6O2. The monoisotopic (exact) mass is 356 g/mol. The summed E-state index contributed by atoms with van der Waals surface area (Å²) >= 11 is 0. The molecule has 0 unspecified atom stereocenters. The van der Waals surface area contributed by atoms with Crippen molar-refractivity contribution in [2.24, 2.45) is 5.92 Å². The Kier molecular flexibility index (Phi) is 4.26. The van der Waals surface area contributed by atoms with Crippen LogP contribution in [0.1, 0.15) is 31.9 Å². The Hall–Kier alpha value is -2.64. The number of nitrogens with zero attached hydrogens (tertiary/aromatic N) is 5. The molecule has 2 aliphatic rings. The predicted molar refractivity (Wildman–Crippen MR) is 98.9 cm³/mol. The van der Waals surface area contributed by atoms with Crippen LogP contribution < -0.4 is 20.5 Å². The third-order valence-corrected chi connectivity index (χ3v) is 4.97. The SMILES string of the molecule is COc1nc(NC(C)C)nc(N2C[C@H]3C[C@@H](C2)c2cccc(=O)n2C3)n1. The highest BCUT2D eigenvalue weighted by molar-refractivity contribution is 5.40. The summed E-state index contributed by atoms with van der Waals surface area (Å²) in [4.78, 5) is 27.7. The molecule has 1 N–H and O–H groups in total. The van der Waals surface area contributed by atoms with Crippen molar-refractivity contribution in [2.45, 2.75) is 38.8 Å². The van der Waals surface area contributed by atoms with E-state index in [1.807, 2.05) is 24.5 Å². The van der Waals surface area contributed by atoms with Gasteiger partial charge in [-0.1, -0.05) is 6.07 Å². The third-order valence-electron chi connectivity index (χ3n) is 4.97. The summed E-state index contributed by atoms with van der Waals surface area (Å²) in [7, 11) is 1.56. The number of rotatable bonds is 4. The molecule has 8 heteroatoms. The molecule has 2 atom stereocenters. The minimum absolute atomic E-state index is 0.0934. The number of methoxy groups -OCH3 is 1. The van der Waals surface area contributed by atoms with Crippen molar-refractivity contribution in [3.63, 3.8) is 0 Å². The predicted octanol–water partition coefficient (Wildman–Crippen LogP) is 1.49. The number of ether oxygens (including phenoxy) is 1. The lowest BCUT2D eigenvalue weighted by molar-refractivity contribution is 0.279. The van der Waals surface area contributed by atoms with Crippen LogP contribution in [0.15, 0.2) is 23.0 Å². The molecule has 0 aliphatic carbocycles. The number of fused-ring (bicyclic) bond motifs is 4. The summed E-state index contributed by atoms with van der Waals surface area (Å²) in [5.41, 5.74) is 1.20. The third kappa shape index (κ3) is 3.11. The number of hydrogen-bond donors (Lipinski definition) is 1. The van der Waals surface area contributed by atoms with Crippen LogP contribution in [-0.2, 0) is 6.54 Å². The smallest absolute Gasteiger partial charge is 0.322 e. The van der Waals surface area contributed by atoms with Gasteiger partial charge in [-0.05, 0) is 32.3 Å². The fraction of sp³-hybridized carbons (Fsp3) is 0.556. The molecule has 2 aromatic heterocycles. The van der Waals surface area contributed by atoms with Gasteiger partial charge in [-0.3, -0.25) is 4.79 Å². The standard InChI is InChI=1S/C18H24N6O2/c1-11(2)19-16-20-17(22-18(21-16)26-3)23-8-12-7-13(10-23)14-5-4-6-15(25)24(14)9-12/h4-6,11-13H,7-10H2,1-3H3,(H,19,20,21,22)/t12-,13+/m1/s1. The zero-order valence-electron chi connectivity index (χ0n) is 15.3. The second-order valence-electron chi connectivity index (χ2n) is 7.35. The molecule has 4 rings (SSSR count). The van der Waals surface area contributed by atoms with E-state index in [1.54, 1.807) is 13.2 Å². The van der Waals surface area contributed by atoms with Gasteiger partial charge in [0, 0.05) is 43.4 Å². The first kappa shape index (κ1) is 16.8. The molecule has 4 heterocycles. The lowest BCUT2D eigenvalue weighted by Gasteiger charge is -2.42. The molecule has 0 amide bonds. The van der Waals surface area contributed by atoms with Crippen LogP contribution in [-0.4, -0.2) is 45.8 Å². The van der Waals surface area contributed by atoms with E-state index in [-0.39, 0.29) is 11.6 Å². The van der Waals surface area contributed by atoms with Crippen LogP contribution in [0.4, 0.5) is 11.9 Å². The topological polar surface area (TPSA) is 85.2 Å². The molecule has 2 bridgehead atoms. The van der Waals surface area contributed by atoms with Crippen molar-refractivity contribution in [1.82, 2.24) is 19.5 Å². The van der Waals surface area contributed by atoms with E-state index in [2.05, 4.69) is 31.2 Å². The Balaban J connectivity index is 1.65. The number of pyridine rings is 1. The Labute approximate surface area is 152 Å². The van der Waals surface area contributed by atoms with Crippen molar-refractivity contribution in [3.8, 4) is 6.01 Å². The summed E-state index contributed by atoms with van der Waals surface area (Å²) in [6.45, 7) is 6.44. The van der Waals surface area contributed by atoms with Gasteiger partial charge in [0.15, 0.2) is 0 Å². The Morgan fingerprint density at radius 2 is 2.04 bits per heavy atom. The summed E-state index contributed by atoms with van der Waals surface area (Å²) < 4.78 is 7.19. The van der Waals surface area contributed by atoms with Crippen molar-refractivity contribution in [2.75, 3.05) is 30.4 Å². The number of nitrogens with one attached hydrogen (secondary N) is 1. The van der Waals surface area contributed by atoms with E-state index < -0.39 is 0 Å². The first-order valence-electron chi connectivity index (χ1n) is 9.04. The highest BCUT2D eigenvalue weighted by atomic mass is 16.5. The zero-order valence-corrected chi connectivity index (χ0v) is 15.3. The van der Waals surface area contributed by atoms with E-state index in [0.717, 1.165) is 31.7 Å². The van der Waals surface area contributed by atoms with Crippen LogP contribution in [0.25, 0.3) is 0 Å². The zero-order chi connectivity index (χ0) is 18.3. The molecule has 26 heavy (non-hydrogen) atoms. The van der Waals surface area contributed by atoms with Gasteiger partial charge in [0.1, 0.15) is 0 Å². The molecule has 0 saturated carbocycles. The summed E-state index contributed by atoms with van der Waals surface area (Å²) in [6, 6.07) is 6.08. The van der Waals surface area contributed by atoms with E-state index in [1.165, 1.54) is 0 Å². The maximum atomic E-state index is 12.2. The van der Waals surface area contributed by atoms with Crippen LogP contribution in [0.5, 0.6) is 6.01 Å². The van der Waals surface area contributed by atoms with Crippen LogP contribution >= 0.6 is 0 Å². The molecule has 8 nitrogen and oxygen atoms in total. The number of hydrogen-bond acceptors (Lipinski definition) is 7. The van der Waals surface area contributed by atoms with E-state index in [0.29, 0.717) is 29.7 Å². The van der Waals surface area contributed by atoms with Crippen LogP contribution in [0.3, 0.4) is 0 Å². The van der Waals surface area contributed by atoms with E-state index >= 15 is 0 Å². The minimum Gasteiger partial charge on any atom is -0.467 e. The van der Waals surface area contributed by atoms with Crippen LogP contribution in [0, 0.1) is 5.92 Å². The minimum atomic E-state index is 0.0934. The van der Waals surface area contributed by atoms with Gasteiger partial charge < -0.3 is 19.5 Å². The van der Waals surface area contributed by atoms with Crippen molar-refractivity contribution < 1.29 is 4.74 Å². The van der Waals surface area contributed by atoms with E-state index in [9.17, 15) is 4.79 Å². The maximum absolute atomic E-state index is 12.2. The van der Waals surface area contributed by atoms with E-state index in [4.69, 9.17) is 4.74 Å². The molecule has 2 aliphatic heterocycles. The Morgan fingerprint density at radius 1 is 1.19 bits per heavy atom. The average Bonchev–Trinajstić information content (AvgIpc) is 2.61. The first-order valence-corrected chi connectivity index (χ1v) is 9.04. The highest BCUT2D eigenvalue weighted by Gasteiger charge is 2.35. The lowest BCUT2D eigenvalue weighted by Crippen LogP contribution is -2.47. The maximum Gasteiger partial charge on any atom is 0.322 e. The summed E-state index contributed by atoms with van der Waals surface area (Å²) in [5, 5.41) is 3.22. The quantitative estimate of drug-likeness (QED) is 0.888. The molecule has 0 aromatic carbocycles. The molecule has 138 valence electrons. The second-order valence-corrected chi connectivity index (χ2v) is 7.35. The summed E-state index contributed by atoms with van der Waals surface area (Å²) in [5.74, 6) is 1.86. The fourth-order valence-electron chi connectivity index (χ4n) is 3.96. The van der Waals surface area contributed by atoms with Gasteiger partial charge in [-0.2, -0.15) is 15.0 Å². The highest BCUT2D eigenvalue weighted by Crippen LogP contribution is 2.36. The normalized spacial score (nSPS) is 21.5. The Morgan fingerprint density at radius 3 is 2.81 bits per heavy atom. The number of aromatic nitrogens is 4. The van der Waals surface area contributed by atoms with Gasteiger partial charge in [0.05, 0.1) is 7.11 Å². The van der Waals surface area contributed by atoms with Crippen molar-refractivity contribution in [3.05, 3.63) is 34.2 Å². The van der Waals surface area contributed by atoms with Crippen molar-refractivity contribution >= 4 is 11.9 Å². The largest absolute Gasteiger partial charge is 0.467 e. The van der Waals surface area contributed by atoms with Gasteiger partial charge in [-0.25, -0.2) is 0 Å². The van der Waals surface area contributed by atoms with Crippen LogP contribution in [0.2, 0.25) is 0 Å². The molecule has 0 spiro atoms. The number of piperidine rings is 1. The van der Waals surface area contributed by atoms with Gasteiger partial charge in [0.2, 0.25) is 11.9 Å². The average molecular weight is 356 g/mol. The summed E-state index contributed by atoms with van der Waals surface area (Å²) in [6.07, 6.45) is 1.10. The van der Waals surface area contributed by atoms with Crippen molar-refractivity contribution in [1.29, 1.82) is 0 Å². The fourth-order valence-corrected chi connectivity index (χ4v) is 3.96. The van der Waals surface area contributed by atoms with Gasteiger partial charge in [-0.15, -0.1) is 0 Å². The lowest BCUT2D eigenvalue weighted by atomic mass is 9.83.